The lowest BCUT2D eigenvalue weighted by atomic mass is 10.2. The van der Waals surface area contributed by atoms with Crippen LogP contribution in [0.1, 0.15) is 26.3 Å². The van der Waals surface area contributed by atoms with Crippen LogP contribution >= 0.6 is 0 Å². The van der Waals surface area contributed by atoms with Crippen molar-refractivity contribution in [1.82, 2.24) is 10.2 Å². The molecule has 0 aliphatic carbocycles. The first-order valence-corrected chi connectivity index (χ1v) is 6.42. The van der Waals surface area contributed by atoms with Gasteiger partial charge < -0.3 is 5.32 Å². The van der Waals surface area contributed by atoms with Crippen LogP contribution in [-0.4, -0.2) is 30.6 Å². The number of nitrogens with zero attached hydrogens (tertiary/aromatic N) is 1. The molecule has 0 unspecified atom stereocenters. The van der Waals surface area contributed by atoms with Gasteiger partial charge in [0.05, 0.1) is 0 Å². The second kappa shape index (κ2) is 7.44. The number of hydrogen-bond acceptors (Lipinski definition) is 2. The summed E-state index contributed by atoms with van der Waals surface area (Å²) < 4.78 is 26.3. The van der Waals surface area contributed by atoms with Gasteiger partial charge in [-0.1, -0.05) is 26.8 Å². The third-order valence-corrected chi connectivity index (χ3v) is 2.84. The molecule has 0 bridgehead atoms. The quantitative estimate of drug-likeness (QED) is 0.807. The minimum Gasteiger partial charge on any atom is -0.313 e. The van der Waals surface area contributed by atoms with Gasteiger partial charge in [0.15, 0.2) is 0 Å². The summed E-state index contributed by atoms with van der Waals surface area (Å²) in [6.45, 7) is 9.31. The number of likely N-dealkylation sites (N-methyl/N-ethyl adjacent to an activating group) is 1. The zero-order valence-electron chi connectivity index (χ0n) is 11.3. The van der Waals surface area contributed by atoms with E-state index in [1.165, 1.54) is 12.1 Å². The summed E-state index contributed by atoms with van der Waals surface area (Å²) in [5.41, 5.74) is 0.544. The highest BCUT2D eigenvalue weighted by Gasteiger charge is 2.08. The van der Waals surface area contributed by atoms with E-state index in [0.717, 1.165) is 25.7 Å². The maximum Gasteiger partial charge on any atom is 0.130 e. The molecule has 0 saturated heterocycles. The molecule has 2 nitrogen and oxygen atoms in total. The number of rotatable bonds is 7. The monoisotopic (exact) mass is 256 g/mol. The molecule has 0 aliphatic heterocycles. The number of hydrogen-bond donors (Lipinski definition) is 1. The molecule has 102 valence electrons. The SMILES string of the molecule is CCN(CCNC(C)C)Cc1ccc(F)cc1F. The van der Waals surface area contributed by atoms with E-state index in [2.05, 4.69) is 24.1 Å². The van der Waals surface area contributed by atoms with Gasteiger partial charge >= 0.3 is 0 Å². The van der Waals surface area contributed by atoms with Crippen LogP contribution in [0.25, 0.3) is 0 Å². The van der Waals surface area contributed by atoms with Crippen molar-refractivity contribution in [3.63, 3.8) is 0 Å². The molecular formula is C14H22F2N2. The third-order valence-electron chi connectivity index (χ3n) is 2.84. The van der Waals surface area contributed by atoms with Crippen molar-refractivity contribution < 1.29 is 8.78 Å². The normalized spacial score (nSPS) is 11.5. The molecule has 0 atom stereocenters. The second-order valence-corrected chi connectivity index (χ2v) is 4.71. The van der Waals surface area contributed by atoms with Crippen LogP contribution in [0.15, 0.2) is 18.2 Å². The van der Waals surface area contributed by atoms with Crippen molar-refractivity contribution in [2.24, 2.45) is 0 Å². The molecule has 0 fully saturated rings. The Kier molecular flexibility index (Phi) is 6.22. The predicted molar refractivity (Wildman–Crippen MR) is 70.4 cm³/mol. The van der Waals surface area contributed by atoms with Crippen molar-refractivity contribution in [2.45, 2.75) is 33.4 Å². The van der Waals surface area contributed by atoms with Crippen LogP contribution in [0.3, 0.4) is 0 Å². The zero-order chi connectivity index (χ0) is 13.5. The van der Waals surface area contributed by atoms with Gasteiger partial charge in [0.1, 0.15) is 11.6 Å². The van der Waals surface area contributed by atoms with Gasteiger partial charge in [0, 0.05) is 37.3 Å². The second-order valence-electron chi connectivity index (χ2n) is 4.71. The van der Waals surface area contributed by atoms with Crippen LogP contribution in [0, 0.1) is 11.6 Å². The van der Waals surface area contributed by atoms with Gasteiger partial charge in [0.25, 0.3) is 0 Å². The first-order valence-electron chi connectivity index (χ1n) is 6.42. The molecule has 1 rings (SSSR count). The molecule has 0 spiro atoms. The largest absolute Gasteiger partial charge is 0.313 e. The highest BCUT2D eigenvalue weighted by atomic mass is 19.1. The van der Waals surface area contributed by atoms with Gasteiger partial charge in [0.2, 0.25) is 0 Å². The predicted octanol–water partition coefficient (Wildman–Crippen LogP) is 2.78. The minimum absolute atomic E-state index is 0.450. The lowest BCUT2D eigenvalue weighted by Crippen LogP contribution is -2.34. The Bertz CT molecular complexity index is 367. The summed E-state index contributed by atoms with van der Waals surface area (Å²) in [5, 5.41) is 3.32. The minimum atomic E-state index is -0.527. The fourth-order valence-electron chi connectivity index (χ4n) is 1.75. The van der Waals surface area contributed by atoms with Crippen LogP contribution in [0.2, 0.25) is 0 Å². The van der Waals surface area contributed by atoms with Crippen molar-refractivity contribution >= 4 is 0 Å². The Morgan fingerprint density at radius 2 is 2.00 bits per heavy atom. The Morgan fingerprint density at radius 1 is 1.28 bits per heavy atom. The summed E-state index contributed by atoms with van der Waals surface area (Å²) >= 11 is 0. The Hall–Kier alpha value is -1.00. The highest BCUT2D eigenvalue weighted by molar-refractivity contribution is 5.18. The van der Waals surface area contributed by atoms with Crippen LogP contribution in [0.5, 0.6) is 0 Å². The van der Waals surface area contributed by atoms with E-state index < -0.39 is 11.6 Å². The van der Waals surface area contributed by atoms with Crippen molar-refractivity contribution in [1.29, 1.82) is 0 Å². The highest BCUT2D eigenvalue weighted by Crippen LogP contribution is 2.11. The van der Waals surface area contributed by atoms with Crippen molar-refractivity contribution in [2.75, 3.05) is 19.6 Å². The van der Waals surface area contributed by atoms with Gasteiger partial charge in [-0.05, 0) is 12.6 Å². The van der Waals surface area contributed by atoms with E-state index in [1.807, 2.05) is 6.92 Å². The molecular weight excluding hydrogens is 234 g/mol. The fourth-order valence-corrected chi connectivity index (χ4v) is 1.75. The van der Waals surface area contributed by atoms with Gasteiger partial charge in [-0.25, -0.2) is 8.78 Å². The molecule has 0 aliphatic rings. The van der Waals surface area contributed by atoms with E-state index in [1.54, 1.807) is 0 Å². The van der Waals surface area contributed by atoms with E-state index in [9.17, 15) is 8.78 Å². The average Bonchev–Trinajstić information content (AvgIpc) is 2.30. The van der Waals surface area contributed by atoms with Crippen molar-refractivity contribution in [3.05, 3.63) is 35.4 Å². The lowest BCUT2D eigenvalue weighted by Gasteiger charge is -2.21. The third kappa shape index (κ3) is 5.10. The molecule has 0 aromatic heterocycles. The summed E-state index contributed by atoms with van der Waals surface area (Å²) in [7, 11) is 0. The number of benzene rings is 1. The molecule has 0 amide bonds. The maximum absolute atomic E-state index is 13.5. The van der Waals surface area contributed by atoms with Crippen LogP contribution in [-0.2, 0) is 6.54 Å². The summed E-state index contributed by atoms with van der Waals surface area (Å²) in [6.07, 6.45) is 0. The molecule has 0 radical (unpaired) electrons. The molecule has 4 heteroatoms. The Balaban J connectivity index is 2.51. The van der Waals surface area contributed by atoms with Crippen molar-refractivity contribution in [3.8, 4) is 0 Å². The Morgan fingerprint density at radius 3 is 2.56 bits per heavy atom. The molecule has 1 aromatic carbocycles. The summed E-state index contributed by atoms with van der Waals surface area (Å²) in [6, 6.07) is 4.21. The van der Waals surface area contributed by atoms with Crippen LogP contribution in [0.4, 0.5) is 8.78 Å². The van der Waals surface area contributed by atoms with Gasteiger partial charge in [-0.15, -0.1) is 0 Å². The van der Waals surface area contributed by atoms with Gasteiger partial charge in [-0.3, -0.25) is 4.90 Å². The standard InChI is InChI=1S/C14H22F2N2/c1-4-18(8-7-17-11(2)3)10-12-5-6-13(15)9-14(12)16/h5-6,9,11,17H,4,7-8,10H2,1-3H3. The van der Waals surface area contributed by atoms with Crippen LogP contribution < -0.4 is 5.32 Å². The first-order chi connectivity index (χ1) is 8.52. The summed E-state index contributed by atoms with van der Waals surface area (Å²) in [5.74, 6) is -0.994. The fraction of sp³-hybridized carbons (Fsp3) is 0.571. The summed E-state index contributed by atoms with van der Waals surface area (Å²) in [4.78, 5) is 2.13. The molecule has 18 heavy (non-hydrogen) atoms. The number of nitrogens with one attached hydrogen (secondary N) is 1. The molecule has 0 heterocycles. The topological polar surface area (TPSA) is 15.3 Å². The van der Waals surface area contributed by atoms with Gasteiger partial charge in [-0.2, -0.15) is 0 Å². The maximum atomic E-state index is 13.5. The van der Waals surface area contributed by atoms with E-state index in [0.29, 0.717) is 18.2 Å². The van der Waals surface area contributed by atoms with E-state index >= 15 is 0 Å². The number of halogens is 2. The average molecular weight is 256 g/mol. The van der Waals surface area contributed by atoms with E-state index in [4.69, 9.17) is 0 Å². The van der Waals surface area contributed by atoms with E-state index in [-0.39, 0.29) is 0 Å². The zero-order valence-corrected chi connectivity index (χ0v) is 11.3. The molecule has 1 aromatic rings. The molecule has 0 saturated carbocycles. The lowest BCUT2D eigenvalue weighted by molar-refractivity contribution is 0.272. The Labute approximate surface area is 108 Å². The molecule has 1 N–H and O–H groups in total. The first kappa shape index (κ1) is 15.1. The smallest absolute Gasteiger partial charge is 0.130 e.